The zero-order valence-electron chi connectivity index (χ0n) is 9.03. The van der Waals surface area contributed by atoms with Crippen LogP contribution in [0.5, 0.6) is 0 Å². The average Bonchev–Trinajstić information content (AvgIpc) is 2.67. The molecule has 1 N–H and O–H groups in total. The van der Waals surface area contributed by atoms with E-state index in [0.29, 0.717) is 0 Å². The van der Waals surface area contributed by atoms with E-state index >= 15 is 0 Å². The van der Waals surface area contributed by atoms with Gasteiger partial charge in [-0.25, -0.2) is 0 Å². The van der Waals surface area contributed by atoms with Crippen molar-refractivity contribution in [3.63, 3.8) is 0 Å². The molecule has 0 aliphatic heterocycles. The van der Waals surface area contributed by atoms with Crippen molar-refractivity contribution in [3.8, 4) is 0 Å². The molecule has 0 saturated carbocycles. The number of aryl methyl sites for hydroxylation is 1. The summed E-state index contributed by atoms with van der Waals surface area (Å²) in [5.41, 5.74) is 3.79. The molecule has 2 heterocycles. The monoisotopic (exact) mass is 252 g/mol. The van der Waals surface area contributed by atoms with Crippen molar-refractivity contribution >= 4 is 22.9 Å². The number of hydrogen-bond donors (Lipinski definition) is 1. The summed E-state index contributed by atoms with van der Waals surface area (Å²) in [4.78, 5) is 3.96. The lowest BCUT2D eigenvalue weighted by Crippen LogP contribution is -2.13. The van der Waals surface area contributed by atoms with Crippen LogP contribution in [0.1, 0.15) is 16.7 Å². The summed E-state index contributed by atoms with van der Waals surface area (Å²) in [5.74, 6) is 0. The zero-order chi connectivity index (χ0) is 11.4. The van der Waals surface area contributed by atoms with Crippen molar-refractivity contribution in [2.24, 2.45) is 0 Å². The Balaban J connectivity index is 1.89. The zero-order valence-corrected chi connectivity index (χ0v) is 10.6. The van der Waals surface area contributed by atoms with Crippen LogP contribution in [0, 0.1) is 6.92 Å². The van der Waals surface area contributed by atoms with E-state index in [0.717, 1.165) is 23.7 Å². The molecule has 2 aromatic rings. The molecule has 0 aliphatic carbocycles. The number of thiophene rings is 1. The Kier molecular flexibility index (Phi) is 3.93. The third kappa shape index (κ3) is 2.82. The van der Waals surface area contributed by atoms with Crippen LogP contribution in [0.3, 0.4) is 0 Å². The van der Waals surface area contributed by atoms with Gasteiger partial charge in [0, 0.05) is 25.5 Å². The van der Waals surface area contributed by atoms with E-state index in [2.05, 4.69) is 28.0 Å². The molecule has 4 heteroatoms. The largest absolute Gasteiger partial charge is 0.309 e. The summed E-state index contributed by atoms with van der Waals surface area (Å²) in [6, 6.07) is 1.94. The third-order valence-electron chi connectivity index (χ3n) is 2.45. The SMILES string of the molecule is Cc1cscc1CNCc1ccncc1Cl. The van der Waals surface area contributed by atoms with Crippen LogP contribution in [-0.2, 0) is 13.1 Å². The Hall–Kier alpha value is -0.900. The molecule has 0 bridgehead atoms. The molecule has 0 unspecified atom stereocenters. The van der Waals surface area contributed by atoms with Gasteiger partial charge < -0.3 is 5.32 Å². The molecular formula is C12H13ClN2S. The van der Waals surface area contributed by atoms with Crippen LogP contribution >= 0.6 is 22.9 Å². The highest BCUT2D eigenvalue weighted by Crippen LogP contribution is 2.15. The van der Waals surface area contributed by atoms with Gasteiger partial charge in [0.25, 0.3) is 0 Å². The van der Waals surface area contributed by atoms with Gasteiger partial charge in [0.2, 0.25) is 0 Å². The molecule has 0 aliphatic rings. The summed E-state index contributed by atoms with van der Waals surface area (Å²) < 4.78 is 0. The number of nitrogens with one attached hydrogen (secondary N) is 1. The summed E-state index contributed by atoms with van der Waals surface area (Å²) in [5, 5.41) is 8.44. The van der Waals surface area contributed by atoms with Gasteiger partial charge in [-0.3, -0.25) is 4.98 Å². The minimum Gasteiger partial charge on any atom is -0.309 e. The van der Waals surface area contributed by atoms with Crippen LogP contribution in [0.25, 0.3) is 0 Å². The van der Waals surface area contributed by atoms with E-state index in [9.17, 15) is 0 Å². The fourth-order valence-corrected chi connectivity index (χ4v) is 2.49. The maximum absolute atomic E-state index is 6.02. The molecule has 0 saturated heterocycles. The van der Waals surface area contributed by atoms with Gasteiger partial charge in [0.15, 0.2) is 0 Å². The Morgan fingerprint density at radius 2 is 2.12 bits per heavy atom. The number of hydrogen-bond acceptors (Lipinski definition) is 3. The average molecular weight is 253 g/mol. The molecule has 0 spiro atoms. The van der Waals surface area contributed by atoms with Gasteiger partial charge in [0.1, 0.15) is 0 Å². The van der Waals surface area contributed by atoms with Gasteiger partial charge >= 0.3 is 0 Å². The lowest BCUT2D eigenvalue weighted by molar-refractivity contribution is 0.692. The van der Waals surface area contributed by atoms with E-state index in [1.165, 1.54) is 11.1 Å². The predicted octanol–water partition coefficient (Wildman–Crippen LogP) is 3.39. The normalized spacial score (nSPS) is 10.6. The highest BCUT2D eigenvalue weighted by atomic mass is 35.5. The minimum absolute atomic E-state index is 0.719. The van der Waals surface area contributed by atoms with Crippen LogP contribution in [0.15, 0.2) is 29.2 Å². The van der Waals surface area contributed by atoms with Gasteiger partial charge in [0.05, 0.1) is 5.02 Å². The molecular weight excluding hydrogens is 240 g/mol. The standard InChI is InChI=1S/C12H13ClN2S/c1-9-7-16-8-11(9)5-15-4-10-2-3-14-6-12(10)13/h2-3,6-8,15H,4-5H2,1H3. The summed E-state index contributed by atoms with van der Waals surface area (Å²) in [7, 11) is 0. The molecule has 0 radical (unpaired) electrons. The Morgan fingerprint density at radius 3 is 2.81 bits per heavy atom. The van der Waals surface area contributed by atoms with Crippen LogP contribution in [0.2, 0.25) is 5.02 Å². The first kappa shape index (κ1) is 11.6. The molecule has 2 nitrogen and oxygen atoms in total. The topological polar surface area (TPSA) is 24.9 Å². The second kappa shape index (κ2) is 5.43. The minimum atomic E-state index is 0.719. The van der Waals surface area contributed by atoms with Crippen molar-refractivity contribution in [2.75, 3.05) is 0 Å². The number of pyridine rings is 1. The van der Waals surface area contributed by atoms with E-state index in [-0.39, 0.29) is 0 Å². The molecule has 0 atom stereocenters. The first-order valence-electron chi connectivity index (χ1n) is 5.08. The number of rotatable bonds is 4. The van der Waals surface area contributed by atoms with Crippen molar-refractivity contribution in [3.05, 3.63) is 50.9 Å². The number of halogens is 1. The predicted molar refractivity (Wildman–Crippen MR) is 68.8 cm³/mol. The van der Waals surface area contributed by atoms with Gasteiger partial charge in [-0.05, 0) is 40.4 Å². The molecule has 84 valence electrons. The number of aromatic nitrogens is 1. The van der Waals surface area contributed by atoms with E-state index < -0.39 is 0 Å². The van der Waals surface area contributed by atoms with E-state index in [1.807, 2.05) is 6.07 Å². The maximum atomic E-state index is 6.02. The quantitative estimate of drug-likeness (QED) is 0.902. The second-order valence-corrected chi connectivity index (χ2v) is 4.80. The van der Waals surface area contributed by atoms with Crippen LogP contribution < -0.4 is 5.32 Å². The molecule has 0 aromatic carbocycles. The molecule has 0 amide bonds. The smallest absolute Gasteiger partial charge is 0.0634 e. The van der Waals surface area contributed by atoms with Gasteiger partial charge in [-0.2, -0.15) is 11.3 Å². The summed E-state index contributed by atoms with van der Waals surface area (Å²) >= 11 is 7.76. The van der Waals surface area contributed by atoms with Crippen molar-refractivity contribution in [1.29, 1.82) is 0 Å². The van der Waals surface area contributed by atoms with Crippen molar-refractivity contribution in [2.45, 2.75) is 20.0 Å². The van der Waals surface area contributed by atoms with Gasteiger partial charge in [-0.15, -0.1) is 0 Å². The van der Waals surface area contributed by atoms with E-state index in [4.69, 9.17) is 11.6 Å². The molecule has 2 aromatic heterocycles. The van der Waals surface area contributed by atoms with Gasteiger partial charge in [-0.1, -0.05) is 11.6 Å². The second-order valence-electron chi connectivity index (χ2n) is 3.65. The number of nitrogens with zero attached hydrogens (tertiary/aromatic N) is 1. The first-order chi connectivity index (χ1) is 7.77. The first-order valence-corrected chi connectivity index (χ1v) is 6.40. The third-order valence-corrected chi connectivity index (χ3v) is 3.70. The summed E-state index contributed by atoms with van der Waals surface area (Å²) in [6.07, 6.45) is 3.44. The molecule has 0 fully saturated rings. The van der Waals surface area contributed by atoms with E-state index in [1.54, 1.807) is 23.7 Å². The highest BCUT2D eigenvalue weighted by Gasteiger charge is 2.01. The van der Waals surface area contributed by atoms with Crippen LogP contribution in [-0.4, -0.2) is 4.98 Å². The molecule has 16 heavy (non-hydrogen) atoms. The Bertz CT molecular complexity index is 468. The maximum Gasteiger partial charge on any atom is 0.0634 e. The Labute approximate surface area is 104 Å². The lowest BCUT2D eigenvalue weighted by Gasteiger charge is -2.05. The highest BCUT2D eigenvalue weighted by molar-refractivity contribution is 7.08. The molecule has 2 rings (SSSR count). The Morgan fingerprint density at radius 1 is 1.31 bits per heavy atom. The fraction of sp³-hybridized carbons (Fsp3) is 0.250. The summed E-state index contributed by atoms with van der Waals surface area (Å²) in [6.45, 7) is 3.79. The van der Waals surface area contributed by atoms with Crippen molar-refractivity contribution < 1.29 is 0 Å². The van der Waals surface area contributed by atoms with Crippen molar-refractivity contribution in [1.82, 2.24) is 10.3 Å². The lowest BCUT2D eigenvalue weighted by atomic mass is 10.2. The van der Waals surface area contributed by atoms with Crippen LogP contribution in [0.4, 0.5) is 0 Å². The fourth-order valence-electron chi connectivity index (χ4n) is 1.45.